The molecule has 3 heterocycles. The average molecular weight is 306 g/mol. The Bertz CT molecular complexity index is 632. The second-order valence-electron chi connectivity index (χ2n) is 4.53. The molecule has 0 spiro atoms. The largest absolute Gasteiger partial charge is 0.452 e. The number of hydrogen-bond donors (Lipinski definition) is 1. The maximum atomic E-state index is 12.4. The zero-order chi connectivity index (χ0) is 14.5. The third-order valence-corrected chi connectivity index (χ3v) is 3.81. The minimum absolute atomic E-state index is 0.126. The van der Waals surface area contributed by atoms with Crippen LogP contribution in [0, 0.1) is 0 Å². The Kier molecular flexibility index (Phi) is 2.73. The number of aryl methyl sites for hydroxylation is 1. The third kappa shape index (κ3) is 2.02. The first-order valence-electron chi connectivity index (χ1n) is 5.53. The number of halogens is 3. The summed E-state index contributed by atoms with van der Waals surface area (Å²) in [5.74, 6) is -1.16. The Morgan fingerprint density at radius 3 is 2.60 bits per heavy atom. The second kappa shape index (κ2) is 4.12. The summed E-state index contributed by atoms with van der Waals surface area (Å²) in [6.07, 6.45) is -3.12. The summed E-state index contributed by atoms with van der Waals surface area (Å²) >= 11 is 0.658. The molecule has 0 aromatic carbocycles. The quantitative estimate of drug-likeness (QED) is 0.865. The molecule has 108 valence electrons. The fourth-order valence-corrected chi connectivity index (χ4v) is 2.74. The van der Waals surface area contributed by atoms with Gasteiger partial charge in [0.1, 0.15) is 5.60 Å². The van der Waals surface area contributed by atoms with Crippen molar-refractivity contribution in [2.75, 3.05) is 18.0 Å². The summed E-state index contributed by atoms with van der Waals surface area (Å²) in [6.45, 7) is 0.251. The maximum Gasteiger partial charge on any atom is 0.452 e. The number of aliphatic hydroxyl groups is 1. The van der Waals surface area contributed by atoms with E-state index in [2.05, 4.69) is 19.7 Å². The van der Waals surface area contributed by atoms with Crippen molar-refractivity contribution in [1.82, 2.24) is 24.4 Å². The normalized spacial score (nSPS) is 18.1. The Labute approximate surface area is 114 Å². The zero-order valence-corrected chi connectivity index (χ0v) is 11.0. The molecule has 2 aromatic heterocycles. The van der Waals surface area contributed by atoms with Crippen molar-refractivity contribution >= 4 is 16.7 Å². The number of rotatable bonds is 2. The van der Waals surface area contributed by atoms with E-state index >= 15 is 0 Å². The molecule has 0 amide bonds. The molecule has 0 aliphatic carbocycles. The summed E-state index contributed by atoms with van der Waals surface area (Å²) in [7, 11) is 1.63. The molecule has 1 N–H and O–H groups in total. The Balaban J connectivity index is 1.75. The first-order valence-corrected chi connectivity index (χ1v) is 6.30. The lowest BCUT2D eigenvalue weighted by atomic mass is 9.91. The minimum atomic E-state index is -4.55. The van der Waals surface area contributed by atoms with Crippen LogP contribution in [0.25, 0.3) is 0 Å². The van der Waals surface area contributed by atoms with Crippen LogP contribution in [0.15, 0.2) is 6.20 Å². The van der Waals surface area contributed by atoms with Gasteiger partial charge in [0.05, 0.1) is 25.0 Å². The molecule has 2 aromatic rings. The van der Waals surface area contributed by atoms with Crippen molar-refractivity contribution in [1.29, 1.82) is 0 Å². The van der Waals surface area contributed by atoms with Crippen molar-refractivity contribution in [3.63, 3.8) is 0 Å². The molecule has 1 aliphatic rings. The van der Waals surface area contributed by atoms with Crippen molar-refractivity contribution in [2.24, 2.45) is 7.05 Å². The first-order chi connectivity index (χ1) is 9.29. The van der Waals surface area contributed by atoms with Crippen LogP contribution >= 0.6 is 11.5 Å². The number of aromatic nitrogens is 5. The molecular formula is C9H9F3N6OS. The molecule has 1 fully saturated rings. The number of anilines is 1. The standard InChI is InChI=1S/C9H9F3N6OS/c1-17-5(2-13-16-17)8(19)3-18(4-8)7-14-6(15-20-7)9(10,11)12/h2,19H,3-4H2,1H3. The van der Waals surface area contributed by atoms with Crippen molar-refractivity contribution < 1.29 is 18.3 Å². The van der Waals surface area contributed by atoms with Crippen LogP contribution in [0.2, 0.25) is 0 Å². The maximum absolute atomic E-state index is 12.4. The smallest absolute Gasteiger partial charge is 0.380 e. The fraction of sp³-hybridized carbons (Fsp3) is 0.556. The molecule has 0 saturated carbocycles. The van der Waals surface area contributed by atoms with Gasteiger partial charge in [-0.3, -0.25) is 0 Å². The van der Waals surface area contributed by atoms with Gasteiger partial charge in [0.2, 0.25) is 11.0 Å². The van der Waals surface area contributed by atoms with Gasteiger partial charge in [-0.2, -0.15) is 22.5 Å². The fourth-order valence-electron chi connectivity index (χ4n) is 2.05. The van der Waals surface area contributed by atoms with Gasteiger partial charge in [-0.05, 0) is 0 Å². The predicted molar refractivity (Wildman–Crippen MR) is 62.0 cm³/mol. The highest BCUT2D eigenvalue weighted by molar-refractivity contribution is 7.09. The molecule has 0 bridgehead atoms. The zero-order valence-electron chi connectivity index (χ0n) is 10.2. The number of nitrogens with zero attached hydrogens (tertiary/aromatic N) is 6. The summed E-state index contributed by atoms with van der Waals surface area (Å²) in [5, 5.41) is 17.9. The van der Waals surface area contributed by atoms with Gasteiger partial charge in [0.25, 0.3) is 0 Å². The molecule has 7 nitrogen and oxygen atoms in total. The van der Waals surface area contributed by atoms with Crippen LogP contribution < -0.4 is 4.90 Å². The average Bonchev–Trinajstić information content (AvgIpc) is 2.92. The van der Waals surface area contributed by atoms with Crippen LogP contribution in [0.3, 0.4) is 0 Å². The second-order valence-corrected chi connectivity index (χ2v) is 5.26. The lowest BCUT2D eigenvalue weighted by Crippen LogP contribution is -2.60. The number of β-amino-alcohol motifs (C(OH)–C–C–N with tert-alkyl or cyclic N) is 1. The van der Waals surface area contributed by atoms with Crippen LogP contribution in [-0.4, -0.2) is 42.5 Å². The highest BCUT2D eigenvalue weighted by Crippen LogP contribution is 2.37. The van der Waals surface area contributed by atoms with E-state index in [1.165, 1.54) is 15.8 Å². The SMILES string of the molecule is Cn1nncc1C1(O)CN(c2nc(C(F)(F)F)ns2)C1. The predicted octanol–water partition coefficient (Wildman–Crippen LogP) is 0.393. The lowest BCUT2D eigenvalue weighted by Gasteiger charge is -2.45. The van der Waals surface area contributed by atoms with Gasteiger partial charge in [-0.15, -0.1) is 5.10 Å². The van der Waals surface area contributed by atoms with E-state index in [1.807, 2.05) is 0 Å². The summed E-state index contributed by atoms with van der Waals surface area (Å²) in [6, 6.07) is 0. The van der Waals surface area contributed by atoms with Crippen molar-refractivity contribution in [3.8, 4) is 0 Å². The highest BCUT2D eigenvalue weighted by Gasteiger charge is 2.47. The van der Waals surface area contributed by atoms with E-state index in [0.29, 0.717) is 17.2 Å². The Morgan fingerprint density at radius 2 is 2.10 bits per heavy atom. The Hall–Kier alpha value is -1.75. The summed E-state index contributed by atoms with van der Waals surface area (Å²) in [4.78, 5) is 4.96. The van der Waals surface area contributed by atoms with E-state index in [1.54, 1.807) is 7.05 Å². The molecule has 0 radical (unpaired) electrons. The highest BCUT2D eigenvalue weighted by atomic mass is 32.1. The van der Waals surface area contributed by atoms with Crippen LogP contribution in [0.4, 0.5) is 18.3 Å². The molecule has 1 saturated heterocycles. The van der Waals surface area contributed by atoms with Gasteiger partial charge >= 0.3 is 6.18 Å². The first kappa shape index (κ1) is 13.2. The van der Waals surface area contributed by atoms with Gasteiger partial charge in [-0.1, -0.05) is 5.21 Å². The van der Waals surface area contributed by atoms with Gasteiger partial charge in [0, 0.05) is 18.6 Å². The lowest BCUT2D eigenvalue weighted by molar-refractivity contribution is -0.144. The van der Waals surface area contributed by atoms with E-state index in [4.69, 9.17) is 0 Å². The van der Waals surface area contributed by atoms with E-state index in [0.717, 1.165) is 0 Å². The van der Waals surface area contributed by atoms with Crippen LogP contribution in [0.1, 0.15) is 11.5 Å². The van der Waals surface area contributed by atoms with E-state index in [-0.39, 0.29) is 18.2 Å². The van der Waals surface area contributed by atoms with E-state index in [9.17, 15) is 18.3 Å². The molecular weight excluding hydrogens is 297 g/mol. The molecule has 1 aliphatic heterocycles. The summed E-state index contributed by atoms with van der Waals surface area (Å²) < 4.78 is 41.9. The van der Waals surface area contributed by atoms with Crippen LogP contribution in [-0.2, 0) is 18.8 Å². The van der Waals surface area contributed by atoms with Crippen molar-refractivity contribution in [3.05, 3.63) is 17.7 Å². The summed E-state index contributed by atoms with van der Waals surface area (Å²) in [5.41, 5.74) is -0.670. The monoisotopic (exact) mass is 306 g/mol. The number of alkyl halides is 3. The van der Waals surface area contributed by atoms with E-state index < -0.39 is 17.6 Å². The van der Waals surface area contributed by atoms with Gasteiger partial charge < -0.3 is 10.0 Å². The topological polar surface area (TPSA) is 80.0 Å². The molecule has 0 atom stereocenters. The van der Waals surface area contributed by atoms with Gasteiger partial charge in [-0.25, -0.2) is 4.68 Å². The van der Waals surface area contributed by atoms with Crippen molar-refractivity contribution in [2.45, 2.75) is 11.8 Å². The van der Waals surface area contributed by atoms with Crippen LogP contribution in [0.5, 0.6) is 0 Å². The third-order valence-electron chi connectivity index (χ3n) is 3.04. The molecule has 3 rings (SSSR count). The number of hydrogen-bond acceptors (Lipinski definition) is 7. The molecule has 20 heavy (non-hydrogen) atoms. The molecule has 0 unspecified atom stereocenters. The Morgan fingerprint density at radius 1 is 1.40 bits per heavy atom. The molecule has 11 heteroatoms. The van der Waals surface area contributed by atoms with Gasteiger partial charge in [0.15, 0.2) is 0 Å². The minimum Gasteiger partial charge on any atom is -0.380 e.